The van der Waals surface area contributed by atoms with Crippen molar-refractivity contribution in [1.29, 1.82) is 5.26 Å². The van der Waals surface area contributed by atoms with E-state index < -0.39 is 25.0 Å². The van der Waals surface area contributed by atoms with E-state index in [0.717, 1.165) is 10.2 Å². The number of carbonyl (C=O) groups is 2. The Morgan fingerprint density at radius 1 is 1.21 bits per heavy atom. The first-order chi connectivity index (χ1) is 11.4. The van der Waals surface area contributed by atoms with Crippen molar-refractivity contribution in [2.75, 3.05) is 25.9 Å². The van der Waals surface area contributed by atoms with Gasteiger partial charge in [0.15, 0.2) is 0 Å². The van der Waals surface area contributed by atoms with E-state index in [4.69, 9.17) is 0 Å². The average Bonchev–Trinajstić information content (AvgIpc) is 2.90. The van der Waals surface area contributed by atoms with Crippen LogP contribution >= 0.6 is 7.14 Å². The predicted molar refractivity (Wildman–Crippen MR) is 90.3 cm³/mol. The van der Waals surface area contributed by atoms with Gasteiger partial charge in [-0.2, -0.15) is 5.26 Å². The number of hydrogen-bond acceptors (Lipinski definition) is 4. The zero-order chi connectivity index (χ0) is 17.5. The van der Waals surface area contributed by atoms with Gasteiger partial charge in [0, 0.05) is 37.3 Å². The summed E-state index contributed by atoms with van der Waals surface area (Å²) in [6, 6.07) is 10.7. The Morgan fingerprint density at radius 3 is 2.50 bits per heavy atom. The van der Waals surface area contributed by atoms with Crippen molar-refractivity contribution < 1.29 is 14.2 Å². The summed E-state index contributed by atoms with van der Waals surface area (Å²) in [6.07, 6.45) is 0.949. The molecule has 1 aromatic rings. The van der Waals surface area contributed by atoms with Crippen LogP contribution in [-0.2, 0) is 9.36 Å². The lowest BCUT2D eigenvalue weighted by Crippen LogP contribution is -2.59. The Bertz CT molecular complexity index is 758. The maximum Gasteiger partial charge on any atom is 0.326 e. The molecule has 4 unspecified atom stereocenters. The first-order valence-corrected chi connectivity index (χ1v) is 10.1. The second-order valence-electron chi connectivity index (χ2n) is 6.65. The molecule has 0 aromatic heterocycles. The fraction of sp³-hybridized carbons (Fsp3) is 0.471. The molecule has 0 spiro atoms. The number of benzene rings is 1. The maximum atomic E-state index is 13.4. The molecule has 7 heteroatoms. The molecule has 3 amide bonds. The van der Waals surface area contributed by atoms with Gasteiger partial charge in [0.2, 0.25) is 5.91 Å². The highest BCUT2D eigenvalue weighted by Crippen LogP contribution is 2.54. The Morgan fingerprint density at radius 2 is 1.88 bits per heavy atom. The quantitative estimate of drug-likeness (QED) is 0.765. The van der Waals surface area contributed by atoms with E-state index in [0.29, 0.717) is 12.3 Å². The first kappa shape index (κ1) is 16.7. The minimum Gasteiger partial charge on any atom is -0.319 e. The summed E-state index contributed by atoms with van der Waals surface area (Å²) < 4.78 is 13.4. The highest BCUT2D eigenvalue weighted by atomic mass is 31.2. The molecule has 0 aliphatic carbocycles. The zero-order valence-electron chi connectivity index (χ0n) is 13.8. The van der Waals surface area contributed by atoms with E-state index in [1.54, 1.807) is 4.90 Å². The molecule has 2 fully saturated rings. The first-order valence-electron chi connectivity index (χ1n) is 7.99. The molecule has 24 heavy (non-hydrogen) atoms. The second kappa shape index (κ2) is 6.07. The van der Waals surface area contributed by atoms with Crippen molar-refractivity contribution in [1.82, 2.24) is 9.80 Å². The van der Waals surface area contributed by atoms with Gasteiger partial charge in [0.1, 0.15) is 13.1 Å². The third-order valence-electron chi connectivity index (χ3n) is 5.05. The summed E-state index contributed by atoms with van der Waals surface area (Å²) in [4.78, 5) is 27.0. The Hall–Kier alpha value is -2.12. The topological polar surface area (TPSA) is 81.5 Å². The molecule has 0 bridgehead atoms. The monoisotopic (exact) mass is 345 g/mol. The molecule has 126 valence electrons. The third-order valence-corrected chi connectivity index (χ3v) is 8.41. The Labute approximate surface area is 141 Å². The molecule has 0 N–H and O–H groups in total. The Balaban J connectivity index is 1.88. The summed E-state index contributed by atoms with van der Waals surface area (Å²) in [5.74, 6) is -1.26. The Kier molecular flexibility index (Phi) is 4.23. The van der Waals surface area contributed by atoms with Crippen LogP contribution in [0.15, 0.2) is 30.3 Å². The largest absolute Gasteiger partial charge is 0.326 e. The maximum absolute atomic E-state index is 13.4. The van der Waals surface area contributed by atoms with Crippen molar-refractivity contribution in [2.24, 2.45) is 11.8 Å². The molecule has 2 saturated heterocycles. The normalized spacial score (nSPS) is 33.6. The van der Waals surface area contributed by atoms with E-state index in [2.05, 4.69) is 0 Å². The van der Waals surface area contributed by atoms with Crippen LogP contribution < -0.4 is 5.30 Å². The minimum atomic E-state index is -2.57. The third kappa shape index (κ3) is 2.63. The molecule has 0 saturated carbocycles. The number of carbonyl (C=O) groups excluding carboxylic acids is 2. The van der Waals surface area contributed by atoms with Gasteiger partial charge < -0.3 is 9.46 Å². The van der Waals surface area contributed by atoms with Gasteiger partial charge in [-0.3, -0.25) is 9.69 Å². The molecular weight excluding hydrogens is 325 g/mol. The molecule has 0 radical (unpaired) electrons. The van der Waals surface area contributed by atoms with E-state index in [9.17, 15) is 19.4 Å². The van der Waals surface area contributed by atoms with Gasteiger partial charge >= 0.3 is 6.03 Å². The number of urea groups is 1. The van der Waals surface area contributed by atoms with Crippen LogP contribution in [0.5, 0.6) is 0 Å². The number of nitrogens with zero attached hydrogens (tertiary/aromatic N) is 3. The van der Waals surface area contributed by atoms with E-state index in [1.807, 2.05) is 43.3 Å². The van der Waals surface area contributed by atoms with E-state index in [-0.39, 0.29) is 18.5 Å². The highest BCUT2D eigenvalue weighted by molar-refractivity contribution is 7.72. The van der Waals surface area contributed by atoms with Crippen molar-refractivity contribution >= 4 is 24.4 Å². The van der Waals surface area contributed by atoms with Crippen LogP contribution in [0.3, 0.4) is 0 Å². The van der Waals surface area contributed by atoms with E-state index >= 15 is 0 Å². The van der Waals surface area contributed by atoms with Gasteiger partial charge in [-0.1, -0.05) is 37.3 Å². The lowest BCUT2D eigenvalue weighted by Gasteiger charge is -2.39. The molecule has 2 heterocycles. The fourth-order valence-corrected chi connectivity index (χ4v) is 7.33. The molecular formula is C17H20N3O3P. The van der Waals surface area contributed by atoms with Crippen LogP contribution in [0.25, 0.3) is 0 Å². The van der Waals surface area contributed by atoms with Gasteiger partial charge in [-0.05, 0) is 5.92 Å². The van der Waals surface area contributed by atoms with Crippen molar-refractivity contribution in [3.63, 3.8) is 0 Å². The van der Waals surface area contributed by atoms with Gasteiger partial charge in [-0.15, -0.1) is 0 Å². The van der Waals surface area contributed by atoms with Crippen molar-refractivity contribution in [2.45, 2.75) is 13.0 Å². The SMILES string of the molecule is CC1CP(=O)(c2ccccc2)CC1N1CC(C#N)C(=O)N(C)C1=O. The summed E-state index contributed by atoms with van der Waals surface area (Å²) in [7, 11) is -1.17. The van der Waals surface area contributed by atoms with Crippen LogP contribution in [0, 0.1) is 23.2 Å². The zero-order valence-corrected chi connectivity index (χ0v) is 14.6. The molecule has 2 aliphatic rings. The van der Waals surface area contributed by atoms with Crippen molar-refractivity contribution in [3.05, 3.63) is 30.3 Å². The summed E-state index contributed by atoms with van der Waals surface area (Å²) in [5.41, 5.74) is 0. The number of hydrogen-bond donors (Lipinski definition) is 0. The smallest absolute Gasteiger partial charge is 0.319 e. The number of imide groups is 1. The van der Waals surface area contributed by atoms with Crippen molar-refractivity contribution in [3.8, 4) is 6.07 Å². The fourth-order valence-electron chi connectivity index (χ4n) is 3.71. The highest BCUT2D eigenvalue weighted by Gasteiger charge is 2.48. The summed E-state index contributed by atoms with van der Waals surface area (Å²) in [6.45, 7) is 2.07. The standard InChI is InChI=1S/C17H20N3O3P/c1-12-10-24(23,14-6-4-3-5-7-14)11-15(12)20-9-13(8-18)16(21)19(2)17(20)22/h3-7,12-13,15H,9-11H2,1-2H3. The molecule has 6 nitrogen and oxygen atoms in total. The van der Waals surface area contributed by atoms with Crippen LogP contribution in [0.1, 0.15) is 6.92 Å². The van der Waals surface area contributed by atoms with Crippen LogP contribution in [0.4, 0.5) is 4.79 Å². The molecule has 4 atom stereocenters. The molecule has 3 rings (SSSR count). The lowest BCUT2D eigenvalue weighted by atomic mass is 10.0. The lowest BCUT2D eigenvalue weighted by molar-refractivity contribution is -0.133. The van der Waals surface area contributed by atoms with Crippen LogP contribution in [0.2, 0.25) is 0 Å². The number of nitriles is 1. The van der Waals surface area contributed by atoms with Crippen LogP contribution in [-0.4, -0.2) is 53.7 Å². The van der Waals surface area contributed by atoms with E-state index in [1.165, 1.54) is 7.05 Å². The number of rotatable bonds is 2. The average molecular weight is 345 g/mol. The summed E-state index contributed by atoms with van der Waals surface area (Å²) >= 11 is 0. The molecule has 1 aromatic carbocycles. The van der Waals surface area contributed by atoms with Gasteiger partial charge in [-0.25, -0.2) is 4.79 Å². The van der Waals surface area contributed by atoms with Gasteiger partial charge in [0.05, 0.1) is 6.07 Å². The summed E-state index contributed by atoms with van der Waals surface area (Å²) in [5, 5.41) is 10.0. The molecule has 2 aliphatic heterocycles. The minimum absolute atomic E-state index is 0.0564. The predicted octanol–water partition coefficient (Wildman–Crippen LogP) is 1.73. The van der Waals surface area contributed by atoms with Gasteiger partial charge in [0.25, 0.3) is 0 Å². The number of amides is 3. The second-order valence-corrected chi connectivity index (χ2v) is 9.67.